The molecule has 2 amide bonds. The molecule has 0 aliphatic rings. The molecule has 0 aliphatic heterocycles. The first kappa shape index (κ1) is 9.86. The van der Waals surface area contributed by atoms with Gasteiger partial charge in [0.2, 0.25) is 11.8 Å². The van der Waals surface area contributed by atoms with Gasteiger partial charge in [-0.05, 0) is 0 Å². The molecule has 6 nitrogen and oxygen atoms in total. The summed E-state index contributed by atoms with van der Waals surface area (Å²) in [5.41, 5.74) is 4.42. The van der Waals surface area contributed by atoms with Gasteiger partial charge in [0.15, 0.2) is 0 Å². The summed E-state index contributed by atoms with van der Waals surface area (Å²) in [6.45, 7) is 0. The largest absolute Gasteiger partial charge is 0.294 e. The van der Waals surface area contributed by atoms with Gasteiger partial charge in [0.1, 0.15) is 6.42 Å². The fraction of sp³-hybridized carbons (Fsp3) is 0.600. The summed E-state index contributed by atoms with van der Waals surface area (Å²) in [7, 11) is 3.10. The number of nitrogens with one attached hydrogen (secondary N) is 2. The maximum atomic E-state index is 10.9. The van der Waals surface area contributed by atoms with Crippen molar-refractivity contribution in [3.63, 3.8) is 0 Å². The molecule has 0 atom stereocenters. The first-order valence-corrected chi connectivity index (χ1v) is 3.05. The Morgan fingerprint density at radius 3 is 2.45 bits per heavy atom. The molecule has 0 fully saturated rings. The molecular weight excluding hydrogens is 148 g/mol. The van der Waals surface area contributed by atoms with Crippen LogP contribution in [0.1, 0.15) is 6.42 Å². The van der Waals surface area contributed by atoms with Gasteiger partial charge in [0.25, 0.3) is 0 Å². The molecule has 0 aromatic heterocycles. The molecule has 0 aromatic rings. The highest BCUT2D eigenvalue weighted by atomic mass is 16.2. The summed E-state index contributed by atoms with van der Waals surface area (Å²) < 4.78 is 0. The van der Waals surface area contributed by atoms with Crippen molar-refractivity contribution in [1.29, 1.82) is 0 Å². The lowest BCUT2D eigenvalue weighted by atomic mass is 10.4. The van der Waals surface area contributed by atoms with Crippen LogP contribution < -0.4 is 16.7 Å². The van der Waals surface area contributed by atoms with Crippen molar-refractivity contribution in [3.8, 4) is 0 Å². The van der Waals surface area contributed by atoms with Gasteiger partial charge >= 0.3 is 0 Å². The average Bonchev–Trinajstić information content (AvgIpc) is 2.02. The first-order valence-electron chi connectivity index (χ1n) is 3.05. The van der Waals surface area contributed by atoms with E-state index >= 15 is 0 Å². The quantitative estimate of drug-likeness (QED) is 0.192. The molecule has 0 saturated heterocycles. The summed E-state index contributed by atoms with van der Waals surface area (Å²) in [6.07, 6.45) is -0.242. The molecule has 0 bridgehead atoms. The van der Waals surface area contributed by atoms with Crippen LogP contribution >= 0.6 is 0 Å². The number of nitrogens with two attached hydrogens (primary N) is 1. The number of carbonyl (C=O) groups is 2. The van der Waals surface area contributed by atoms with Crippen LogP contribution in [0.3, 0.4) is 0 Å². The van der Waals surface area contributed by atoms with Gasteiger partial charge in [-0.25, -0.2) is 11.3 Å². The van der Waals surface area contributed by atoms with Gasteiger partial charge in [-0.3, -0.25) is 20.0 Å². The monoisotopic (exact) mass is 160 g/mol. The van der Waals surface area contributed by atoms with Crippen LogP contribution in [-0.4, -0.2) is 30.9 Å². The number of hydrogen-bond acceptors (Lipinski definition) is 4. The molecule has 11 heavy (non-hydrogen) atoms. The van der Waals surface area contributed by atoms with E-state index in [1.165, 1.54) is 12.1 Å². The van der Waals surface area contributed by atoms with Gasteiger partial charge in [-0.15, -0.1) is 0 Å². The van der Waals surface area contributed by atoms with E-state index < -0.39 is 5.91 Å². The first-order chi connectivity index (χ1) is 5.11. The van der Waals surface area contributed by atoms with Gasteiger partial charge in [-0.1, -0.05) is 0 Å². The van der Waals surface area contributed by atoms with Crippen molar-refractivity contribution in [2.24, 2.45) is 5.84 Å². The molecule has 0 rings (SSSR count). The zero-order valence-electron chi connectivity index (χ0n) is 6.55. The second-order valence-corrected chi connectivity index (χ2v) is 1.92. The molecule has 0 radical (unpaired) electrons. The zero-order valence-corrected chi connectivity index (χ0v) is 6.55. The number of carbonyl (C=O) groups excluding carboxylic acids is 2. The predicted molar refractivity (Wildman–Crippen MR) is 38.8 cm³/mol. The van der Waals surface area contributed by atoms with Crippen molar-refractivity contribution >= 4 is 11.8 Å². The average molecular weight is 160 g/mol. The minimum Gasteiger partial charge on any atom is -0.294 e. The molecule has 0 heterocycles. The van der Waals surface area contributed by atoms with Gasteiger partial charge in [0, 0.05) is 14.1 Å². The second-order valence-electron chi connectivity index (χ2n) is 1.92. The Bertz CT molecular complexity index is 159. The van der Waals surface area contributed by atoms with E-state index in [2.05, 4.69) is 5.43 Å². The third-order valence-electron chi connectivity index (χ3n) is 1.18. The summed E-state index contributed by atoms with van der Waals surface area (Å²) in [6, 6.07) is 0. The van der Waals surface area contributed by atoms with Gasteiger partial charge in [0.05, 0.1) is 0 Å². The minimum absolute atomic E-state index is 0.242. The van der Waals surface area contributed by atoms with E-state index in [9.17, 15) is 9.59 Å². The summed E-state index contributed by atoms with van der Waals surface area (Å²) in [5.74, 6) is 3.93. The van der Waals surface area contributed by atoms with Gasteiger partial charge in [-0.2, -0.15) is 0 Å². The fourth-order valence-electron chi connectivity index (χ4n) is 0.432. The van der Waals surface area contributed by atoms with E-state index in [1.54, 1.807) is 7.05 Å². The standard InChI is InChI=1S/C5H12N4O2/c1-7-9(2)5(11)3-4(10)8-6/h7H,3,6H2,1-2H3,(H,8,10). The van der Waals surface area contributed by atoms with Crippen LogP contribution in [0.4, 0.5) is 0 Å². The Morgan fingerprint density at radius 2 is 2.09 bits per heavy atom. The maximum absolute atomic E-state index is 10.9. The van der Waals surface area contributed by atoms with Crippen LogP contribution in [0.25, 0.3) is 0 Å². The third-order valence-corrected chi connectivity index (χ3v) is 1.18. The van der Waals surface area contributed by atoms with Crippen LogP contribution in [0.2, 0.25) is 0 Å². The third kappa shape index (κ3) is 3.54. The van der Waals surface area contributed by atoms with Crippen LogP contribution in [0.15, 0.2) is 0 Å². The Hall–Kier alpha value is -1.14. The number of hydrogen-bond donors (Lipinski definition) is 3. The normalized spacial score (nSPS) is 9.00. The smallest absolute Gasteiger partial charge is 0.245 e. The van der Waals surface area contributed by atoms with E-state index in [0.29, 0.717) is 0 Å². The van der Waals surface area contributed by atoms with E-state index in [1.807, 2.05) is 5.43 Å². The van der Waals surface area contributed by atoms with Crippen LogP contribution in [0, 0.1) is 0 Å². The SMILES string of the molecule is CNN(C)C(=O)CC(=O)NN. The Balaban J connectivity index is 3.77. The van der Waals surface area contributed by atoms with Gasteiger partial charge < -0.3 is 0 Å². The Morgan fingerprint density at radius 1 is 1.55 bits per heavy atom. The maximum Gasteiger partial charge on any atom is 0.245 e. The number of hydrazine groups is 2. The van der Waals surface area contributed by atoms with Crippen molar-refractivity contribution in [2.45, 2.75) is 6.42 Å². The lowest BCUT2D eigenvalue weighted by Crippen LogP contribution is -2.41. The lowest BCUT2D eigenvalue weighted by molar-refractivity contribution is -0.136. The molecule has 64 valence electrons. The lowest BCUT2D eigenvalue weighted by Gasteiger charge is -2.13. The van der Waals surface area contributed by atoms with Crippen molar-refractivity contribution in [3.05, 3.63) is 0 Å². The molecular formula is C5H12N4O2. The highest BCUT2D eigenvalue weighted by molar-refractivity contribution is 5.96. The van der Waals surface area contributed by atoms with Crippen molar-refractivity contribution < 1.29 is 9.59 Å². The van der Waals surface area contributed by atoms with Crippen LogP contribution in [-0.2, 0) is 9.59 Å². The Kier molecular flexibility index (Phi) is 4.16. The molecule has 0 saturated carbocycles. The van der Waals surface area contributed by atoms with Crippen molar-refractivity contribution in [1.82, 2.24) is 15.9 Å². The van der Waals surface area contributed by atoms with Crippen LogP contribution in [0.5, 0.6) is 0 Å². The zero-order chi connectivity index (χ0) is 8.85. The molecule has 0 aromatic carbocycles. The summed E-state index contributed by atoms with van der Waals surface area (Å²) >= 11 is 0. The van der Waals surface area contributed by atoms with E-state index in [4.69, 9.17) is 5.84 Å². The molecule has 6 heteroatoms. The molecule has 0 aliphatic carbocycles. The topological polar surface area (TPSA) is 87.5 Å². The number of rotatable bonds is 3. The second kappa shape index (κ2) is 4.64. The highest BCUT2D eigenvalue weighted by Crippen LogP contribution is 1.84. The van der Waals surface area contributed by atoms with E-state index in [0.717, 1.165) is 0 Å². The number of amides is 2. The summed E-state index contributed by atoms with van der Waals surface area (Å²) in [5, 5.41) is 1.20. The predicted octanol–water partition coefficient (Wildman–Crippen LogP) is -2.04. The molecule has 4 N–H and O–H groups in total. The van der Waals surface area contributed by atoms with Crippen molar-refractivity contribution in [2.75, 3.05) is 14.1 Å². The molecule has 0 unspecified atom stereocenters. The minimum atomic E-state index is -0.503. The van der Waals surface area contributed by atoms with E-state index in [-0.39, 0.29) is 12.3 Å². The Labute approximate surface area is 64.7 Å². The molecule has 0 spiro atoms. The summed E-state index contributed by atoms with van der Waals surface area (Å²) in [4.78, 5) is 21.4. The highest BCUT2D eigenvalue weighted by Gasteiger charge is 2.10. The fourth-order valence-corrected chi connectivity index (χ4v) is 0.432. The number of nitrogens with zero attached hydrogens (tertiary/aromatic N) is 1.